The Bertz CT molecular complexity index is 343. The molecule has 0 fully saturated rings. The minimum absolute atomic E-state index is 0.0382. The molecule has 16 heavy (non-hydrogen) atoms. The highest BCUT2D eigenvalue weighted by Crippen LogP contribution is 2.12. The molecule has 0 saturated carbocycles. The number of ether oxygens (including phenoxy) is 1. The molecule has 2 N–H and O–H groups in total. The van der Waals surface area contributed by atoms with Gasteiger partial charge in [0, 0.05) is 6.42 Å². The zero-order valence-electron chi connectivity index (χ0n) is 9.31. The molecule has 0 radical (unpaired) electrons. The van der Waals surface area contributed by atoms with Crippen LogP contribution in [0.1, 0.15) is 12.0 Å². The van der Waals surface area contributed by atoms with E-state index in [0.717, 1.165) is 11.3 Å². The largest absolute Gasteiger partial charge is 0.493 e. The van der Waals surface area contributed by atoms with Gasteiger partial charge in [-0.1, -0.05) is 12.1 Å². The van der Waals surface area contributed by atoms with E-state index in [4.69, 9.17) is 15.1 Å². The van der Waals surface area contributed by atoms with Crippen molar-refractivity contribution >= 4 is 0 Å². The van der Waals surface area contributed by atoms with E-state index in [9.17, 15) is 0 Å². The second-order valence-corrected chi connectivity index (χ2v) is 3.41. The third-order valence-corrected chi connectivity index (χ3v) is 2.29. The molecule has 86 valence electrons. The molecule has 0 saturated heterocycles. The molecule has 0 heterocycles. The number of nitriles is 1. The number of benzene rings is 1. The number of aliphatic hydroxyl groups is 1. The van der Waals surface area contributed by atoms with Crippen LogP contribution < -0.4 is 10.1 Å². The molecule has 4 heteroatoms. The summed E-state index contributed by atoms with van der Waals surface area (Å²) in [5, 5.41) is 20.4. The van der Waals surface area contributed by atoms with Gasteiger partial charge in [0.25, 0.3) is 0 Å². The summed E-state index contributed by atoms with van der Waals surface area (Å²) in [6.45, 7) is 0.536. The lowest BCUT2D eigenvalue weighted by Gasteiger charge is -2.09. The summed E-state index contributed by atoms with van der Waals surface area (Å²) in [6.07, 6.45) is 0.648. The topological polar surface area (TPSA) is 65.3 Å². The van der Waals surface area contributed by atoms with Gasteiger partial charge in [-0.3, -0.25) is 0 Å². The smallest absolute Gasteiger partial charge is 0.119 e. The third-order valence-electron chi connectivity index (χ3n) is 2.29. The number of hydrogen-bond acceptors (Lipinski definition) is 4. The average Bonchev–Trinajstić information content (AvgIpc) is 2.35. The van der Waals surface area contributed by atoms with E-state index < -0.39 is 0 Å². The molecule has 0 aromatic heterocycles. The van der Waals surface area contributed by atoms with Crippen molar-refractivity contribution in [3.05, 3.63) is 29.8 Å². The van der Waals surface area contributed by atoms with Crippen LogP contribution in [0.15, 0.2) is 24.3 Å². The van der Waals surface area contributed by atoms with Crippen LogP contribution in [0.25, 0.3) is 0 Å². The summed E-state index contributed by atoms with van der Waals surface area (Å²) in [6, 6.07) is 9.22. The zero-order chi connectivity index (χ0) is 11.8. The number of nitrogens with zero attached hydrogens (tertiary/aromatic N) is 1. The molecule has 0 aliphatic rings. The molecule has 1 atom stereocenters. The third kappa shape index (κ3) is 3.89. The summed E-state index contributed by atoms with van der Waals surface area (Å²) < 4.78 is 5.47. The highest BCUT2D eigenvalue weighted by Gasteiger charge is 2.03. The van der Waals surface area contributed by atoms with Gasteiger partial charge < -0.3 is 15.2 Å². The van der Waals surface area contributed by atoms with Crippen LogP contribution in [0.4, 0.5) is 0 Å². The van der Waals surface area contributed by atoms with Crippen molar-refractivity contribution in [1.82, 2.24) is 5.32 Å². The summed E-state index contributed by atoms with van der Waals surface area (Å²) in [5.41, 5.74) is 0.859. The number of aliphatic hydroxyl groups excluding tert-OH is 1. The van der Waals surface area contributed by atoms with Crippen molar-refractivity contribution in [2.24, 2.45) is 0 Å². The molecule has 4 nitrogen and oxygen atoms in total. The highest BCUT2D eigenvalue weighted by atomic mass is 16.5. The Hall–Kier alpha value is -1.57. The van der Waals surface area contributed by atoms with E-state index in [-0.39, 0.29) is 12.6 Å². The maximum atomic E-state index is 8.86. The fraction of sp³-hybridized carbons (Fsp3) is 0.417. The van der Waals surface area contributed by atoms with Gasteiger partial charge in [0.05, 0.1) is 25.3 Å². The van der Waals surface area contributed by atoms with Gasteiger partial charge in [0.15, 0.2) is 0 Å². The lowest BCUT2D eigenvalue weighted by atomic mass is 10.2. The summed E-state index contributed by atoms with van der Waals surface area (Å²) in [5.74, 6) is 0.755. The van der Waals surface area contributed by atoms with Crippen LogP contribution in [0.5, 0.6) is 5.75 Å². The van der Waals surface area contributed by atoms with Crippen molar-refractivity contribution in [3.63, 3.8) is 0 Å². The van der Waals surface area contributed by atoms with Crippen LogP contribution in [-0.4, -0.2) is 24.8 Å². The highest BCUT2D eigenvalue weighted by molar-refractivity contribution is 5.26. The van der Waals surface area contributed by atoms with Crippen LogP contribution in [0.3, 0.4) is 0 Å². The van der Waals surface area contributed by atoms with E-state index >= 15 is 0 Å². The predicted molar refractivity (Wildman–Crippen MR) is 60.9 cm³/mol. The van der Waals surface area contributed by atoms with Gasteiger partial charge in [-0.15, -0.1) is 0 Å². The Morgan fingerprint density at radius 3 is 2.62 bits per heavy atom. The first-order chi connectivity index (χ1) is 7.80. The minimum Gasteiger partial charge on any atom is -0.493 e. The van der Waals surface area contributed by atoms with Crippen molar-refractivity contribution in [2.45, 2.75) is 19.1 Å². The van der Waals surface area contributed by atoms with Gasteiger partial charge in [0.1, 0.15) is 5.75 Å². The predicted octanol–water partition coefficient (Wildman–Crippen LogP) is 1.06. The first-order valence-corrected chi connectivity index (χ1v) is 5.19. The van der Waals surface area contributed by atoms with Gasteiger partial charge in [-0.05, 0) is 24.7 Å². The lowest BCUT2D eigenvalue weighted by molar-refractivity contribution is 0.280. The van der Waals surface area contributed by atoms with E-state index in [2.05, 4.69) is 11.4 Å². The Labute approximate surface area is 95.5 Å². The first kappa shape index (κ1) is 12.5. The van der Waals surface area contributed by atoms with Gasteiger partial charge in [-0.25, -0.2) is 0 Å². The monoisotopic (exact) mass is 220 g/mol. The maximum absolute atomic E-state index is 8.86. The molecule has 0 bridgehead atoms. The Morgan fingerprint density at radius 2 is 2.12 bits per heavy atom. The number of nitrogens with one attached hydrogen (secondary N) is 1. The second kappa shape index (κ2) is 6.83. The molecule has 1 rings (SSSR count). The quantitative estimate of drug-likeness (QED) is 0.752. The second-order valence-electron chi connectivity index (χ2n) is 3.41. The summed E-state index contributed by atoms with van der Waals surface area (Å²) in [7, 11) is 1.75. The Morgan fingerprint density at radius 1 is 1.44 bits per heavy atom. The van der Waals surface area contributed by atoms with Gasteiger partial charge in [0.2, 0.25) is 0 Å². The van der Waals surface area contributed by atoms with Crippen LogP contribution in [0.2, 0.25) is 0 Å². The van der Waals surface area contributed by atoms with E-state index in [1.807, 2.05) is 24.3 Å². The van der Waals surface area contributed by atoms with Crippen LogP contribution >= 0.6 is 0 Å². The van der Waals surface area contributed by atoms with E-state index in [1.165, 1.54) is 0 Å². The van der Waals surface area contributed by atoms with Crippen molar-refractivity contribution < 1.29 is 9.84 Å². The maximum Gasteiger partial charge on any atom is 0.119 e. The van der Waals surface area contributed by atoms with E-state index in [0.29, 0.717) is 13.0 Å². The zero-order valence-corrected chi connectivity index (χ0v) is 9.31. The minimum atomic E-state index is -0.170. The van der Waals surface area contributed by atoms with Gasteiger partial charge >= 0.3 is 0 Å². The molecular weight excluding hydrogens is 204 g/mol. The fourth-order valence-corrected chi connectivity index (χ4v) is 1.26. The molecule has 0 aliphatic heterocycles. The number of hydrogen-bond donors (Lipinski definition) is 2. The molecule has 1 unspecified atom stereocenters. The lowest BCUT2D eigenvalue weighted by Crippen LogP contribution is -2.25. The normalized spacial score (nSPS) is 11.8. The van der Waals surface area contributed by atoms with Crippen LogP contribution in [-0.2, 0) is 6.61 Å². The molecule has 1 aromatic carbocycles. The van der Waals surface area contributed by atoms with Crippen LogP contribution in [0, 0.1) is 11.3 Å². The van der Waals surface area contributed by atoms with E-state index in [1.54, 1.807) is 7.05 Å². The molecule has 0 aliphatic carbocycles. The summed E-state index contributed by atoms with van der Waals surface area (Å²) in [4.78, 5) is 0. The molecule has 1 aromatic rings. The number of rotatable bonds is 6. The fourth-order valence-electron chi connectivity index (χ4n) is 1.26. The Kier molecular flexibility index (Phi) is 5.34. The molecular formula is C12H16N2O2. The van der Waals surface area contributed by atoms with Crippen molar-refractivity contribution in [1.29, 1.82) is 5.26 Å². The SMILES string of the molecule is CNC(C#N)CCOc1ccc(CO)cc1. The van der Waals surface area contributed by atoms with Gasteiger partial charge in [-0.2, -0.15) is 5.26 Å². The van der Waals surface area contributed by atoms with Crippen molar-refractivity contribution in [2.75, 3.05) is 13.7 Å². The standard InChI is InChI=1S/C12H16N2O2/c1-14-11(8-13)6-7-16-12-4-2-10(9-15)3-5-12/h2-5,11,14-15H,6-7,9H2,1H3. The Balaban J connectivity index is 2.34. The first-order valence-electron chi connectivity index (χ1n) is 5.19. The molecule has 0 spiro atoms. The molecule has 0 amide bonds. The average molecular weight is 220 g/mol. The summed E-state index contributed by atoms with van der Waals surface area (Å²) >= 11 is 0. The van der Waals surface area contributed by atoms with Crippen molar-refractivity contribution in [3.8, 4) is 11.8 Å².